The Morgan fingerprint density at radius 3 is 2.61 bits per heavy atom. The normalized spacial score (nSPS) is 11.3. The van der Waals surface area contributed by atoms with Gasteiger partial charge in [-0.25, -0.2) is 0 Å². The molecule has 0 bridgehead atoms. The van der Waals surface area contributed by atoms with Gasteiger partial charge in [0.25, 0.3) is 0 Å². The monoisotopic (exact) mass is 245 g/mol. The third-order valence-corrected chi connectivity index (χ3v) is 2.43. The van der Waals surface area contributed by atoms with Crippen LogP contribution in [0.4, 0.5) is 5.69 Å². The number of anilines is 1. The van der Waals surface area contributed by atoms with Crippen LogP contribution in [-0.4, -0.2) is 26.1 Å². The number of aromatic nitrogens is 4. The molecule has 0 aliphatic rings. The summed E-state index contributed by atoms with van der Waals surface area (Å²) >= 11 is 0. The quantitative estimate of drug-likeness (QED) is 0.873. The first-order valence-electron chi connectivity index (χ1n) is 5.62. The van der Waals surface area contributed by atoms with Crippen LogP contribution in [0.5, 0.6) is 0 Å². The lowest BCUT2D eigenvalue weighted by Crippen LogP contribution is -2.28. The van der Waals surface area contributed by atoms with Crippen molar-refractivity contribution in [3.05, 3.63) is 30.6 Å². The first kappa shape index (κ1) is 12.2. The summed E-state index contributed by atoms with van der Waals surface area (Å²) in [6, 6.07) is 7.38. The molecule has 6 heteroatoms. The summed E-state index contributed by atoms with van der Waals surface area (Å²) < 4.78 is 1.51. The van der Waals surface area contributed by atoms with Crippen molar-refractivity contribution in [1.29, 1.82) is 0 Å². The van der Waals surface area contributed by atoms with Crippen molar-refractivity contribution in [3.8, 4) is 5.69 Å². The molecule has 94 valence electrons. The van der Waals surface area contributed by atoms with Gasteiger partial charge in [0.05, 0.1) is 11.4 Å². The number of hydrogen-bond donors (Lipinski definition) is 1. The van der Waals surface area contributed by atoms with Gasteiger partial charge in [0.15, 0.2) is 0 Å². The second kappa shape index (κ2) is 4.56. The Morgan fingerprint density at radius 2 is 2.00 bits per heavy atom. The number of nitrogens with zero attached hydrogens (tertiary/aromatic N) is 4. The third-order valence-electron chi connectivity index (χ3n) is 2.43. The second-order valence-electron chi connectivity index (χ2n) is 4.98. The molecule has 1 aromatic heterocycles. The number of rotatable bonds is 2. The Kier molecular flexibility index (Phi) is 3.10. The van der Waals surface area contributed by atoms with Crippen LogP contribution in [-0.2, 0) is 4.79 Å². The van der Waals surface area contributed by atoms with Crippen molar-refractivity contribution in [2.75, 3.05) is 5.32 Å². The molecule has 1 aromatic carbocycles. The van der Waals surface area contributed by atoms with Gasteiger partial charge in [-0.05, 0) is 22.6 Å². The van der Waals surface area contributed by atoms with Gasteiger partial charge in [0.1, 0.15) is 6.33 Å². The second-order valence-corrected chi connectivity index (χ2v) is 4.98. The standard InChI is InChI=1S/C12H15N5O/c1-12(2,3)11(18)14-9-6-4-5-7-10(9)17-8-13-15-16-17/h4-8H,1-3H3,(H,14,18). The lowest BCUT2D eigenvalue weighted by Gasteiger charge is -2.19. The molecule has 0 saturated carbocycles. The molecule has 1 amide bonds. The van der Waals surface area contributed by atoms with Gasteiger partial charge in [-0.3, -0.25) is 4.79 Å². The Balaban J connectivity index is 2.32. The van der Waals surface area contributed by atoms with Crippen molar-refractivity contribution < 1.29 is 4.79 Å². The fraction of sp³-hybridized carbons (Fsp3) is 0.333. The Bertz CT molecular complexity index is 542. The SMILES string of the molecule is CC(C)(C)C(=O)Nc1ccccc1-n1cnnn1. The molecular formula is C12H15N5O. The van der Waals surface area contributed by atoms with Crippen LogP contribution in [0.3, 0.4) is 0 Å². The maximum Gasteiger partial charge on any atom is 0.229 e. The topological polar surface area (TPSA) is 72.7 Å². The number of hydrogen-bond acceptors (Lipinski definition) is 4. The van der Waals surface area contributed by atoms with Crippen LogP contribution >= 0.6 is 0 Å². The van der Waals surface area contributed by atoms with Gasteiger partial charge in [0.2, 0.25) is 5.91 Å². The predicted molar refractivity (Wildman–Crippen MR) is 67.2 cm³/mol. The highest BCUT2D eigenvalue weighted by atomic mass is 16.2. The number of amides is 1. The highest BCUT2D eigenvalue weighted by Crippen LogP contribution is 2.22. The van der Waals surface area contributed by atoms with Crippen LogP contribution in [0, 0.1) is 5.41 Å². The summed E-state index contributed by atoms with van der Waals surface area (Å²) in [5.41, 5.74) is 0.970. The average molecular weight is 245 g/mol. The number of nitrogens with one attached hydrogen (secondary N) is 1. The number of para-hydroxylation sites is 2. The van der Waals surface area contributed by atoms with Crippen LogP contribution in [0.1, 0.15) is 20.8 Å². The zero-order valence-electron chi connectivity index (χ0n) is 10.6. The van der Waals surface area contributed by atoms with Crippen LogP contribution in [0.15, 0.2) is 30.6 Å². The van der Waals surface area contributed by atoms with Gasteiger partial charge in [-0.15, -0.1) is 5.10 Å². The van der Waals surface area contributed by atoms with E-state index in [-0.39, 0.29) is 5.91 Å². The molecule has 1 heterocycles. The van der Waals surface area contributed by atoms with Crippen LogP contribution in [0.25, 0.3) is 5.69 Å². The highest BCUT2D eigenvalue weighted by molar-refractivity contribution is 5.96. The number of benzene rings is 1. The molecule has 18 heavy (non-hydrogen) atoms. The smallest absolute Gasteiger partial charge is 0.229 e. The molecule has 0 unspecified atom stereocenters. The van der Waals surface area contributed by atoms with Gasteiger partial charge in [-0.1, -0.05) is 32.9 Å². The lowest BCUT2D eigenvalue weighted by molar-refractivity contribution is -0.123. The first-order valence-corrected chi connectivity index (χ1v) is 5.62. The van der Waals surface area contributed by atoms with Crippen molar-refractivity contribution in [2.24, 2.45) is 5.41 Å². The Morgan fingerprint density at radius 1 is 1.28 bits per heavy atom. The summed E-state index contributed by atoms with van der Waals surface area (Å²) in [4.78, 5) is 12.0. The third kappa shape index (κ3) is 2.53. The average Bonchev–Trinajstić information content (AvgIpc) is 2.82. The molecule has 0 spiro atoms. The van der Waals surface area contributed by atoms with E-state index in [1.807, 2.05) is 45.0 Å². The molecule has 1 N–H and O–H groups in total. The summed E-state index contributed by atoms with van der Waals surface area (Å²) in [5.74, 6) is -0.0528. The summed E-state index contributed by atoms with van der Waals surface area (Å²) in [6.45, 7) is 5.59. The van der Waals surface area contributed by atoms with Gasteiger partial charge < -0.3 is 5.32 Å². The van der Waals surface area contributed by atoms with Crippen LogP contribution in [0.2, 0.25) is 0 Å². The van der Waals surface area contributed by atoms with E-state index < -0.39 is 5.41 Å². The Labute approximate surface area is 105 Å². The van der Waals surface area contributed by atoms with E-state index in [1.165, 1.54) is 11.0 Å². The van der Waals surface area contributed by atoms with Gasteiger partial charge in [0, 0.05) is 5.41 Å². The minimum atomic E-state index is -0.451. The molecule has 0 fully saturated rings. The van der Waals surface area contributed by atoms with Crippen molar-refractivity contribution in [3.63, 3.8) is 0 Å². The molecule has 0 aliphatic heterocycles. The van der Waals surface area contributed by atoms with E-state index in [2.05, 4.69) is 20.8 Å². The molecule has 2 rings (SSSR count). The van der Waals surface area contributed by atoms with E-state index in [9.17, 15) is 4.79 Å². The summed E-state index contributed by atoms with van der Waals surface area (Å²) in [7, 11) is 0. The van der Waals surface area contributed by atoms with Crippen LogP contribution < -0.4 is 5.32 Å². The van der Waals surface area contributed by atoms with Crippen molar-refractivity contribution in [1.82, 2.24) is 20.2 Å². The highest BCUT2D eigenvalue weighted by Gasteiger charge is 2.22. The van der Waals surface area contributed by atoms with E-state index in [0.717, 1.165) is 5.69 Å². The van der Waals surface area contributed by atoms with E-state index >= 15 is 0 Å². The summed E-state index contributed by atoms with van der Waals surface area (Å²) in [5, 5.41) is 13.9. The van der Waals surface area contributed by atoms with Gasteiger partial charge >= 0.3 is 0 Å². The van der Waals surface area contributed by atoms with Crippen molar-refractivity contribution >= 4 is 11.6 Å². The zero-order valence-corrected chi connectivity index (χ0v) is 10.6. The predicted octanol–water partition coefficient (Wildman–Crippen LogP) is 1.65. The van der Waals surface area contributed by atoms with E-state index in [1.54, 1.807) is 0 Å². The molecule has 0 aliphatic carbocycles. The first-order chi connectivity index (χ1) is 8.48. The molecule has 0 radical (unpaired) electrons. The van der Waals surface area contributed by atoms with Crippen molar-refractivity contribution in [2.45, 2.75) is 20.8 Å². The number of carbonyl (C=O) groups excluding carboxylic acids is 1. The fourth-order valence-electron chi connectivity index (χ4n) is 1.36. The fourth-order valence-corrected chi connectivity index (χ4v) is 1.36. The summed E-state index contributed by atoms with van der Waals surface area (Å²) in [6.07, 6.45) is 1.49. The molecule has 6 nitrogen and oxygen atoms in total. The number of tetrazole rings is 1. The number of carbonyl (C=O) groups is 1. The molecular weight excluding hydrogens is 230 g/mol. The van der Waals surface area contributed by atoms with E-state index in [0.29, 0.717) is 5.69 Å². The maximum atomic E-state index is 12.0. The molecule has 0 atom stereocenters. The van der Waals surface area contributed by atoms with E-state index in [4.69, 9.17) is 0 Å². The van der Waals surface area contributed by atoms with Gasteiger partial charge in [-0.2, -0.15) is 4.68 Å². The molecule has 2 aromatic rings. The minimum absolute atomic E-state index is 0.0528. The maximum absolute atomic E-state index is 12.0. The Hall–Kier alpha value is -2.24. The molecule has 0 saturated heterocycles. The minimum Gasteiger partial charge on any atom is -0.324 e. The largest absolute Gasteiger partial charge is 0.324 e. The lowest BCUT2D eigenvalue weighted by atomic mass is 9.95. The zero-order chi connectivity index (χ0) is 13.2.